The van der Waals surface area contributed by atoms with E-state index in [2.05, 4.69) is 24.1 Å². The largest absolute Gasteiger partial charge is 0.459 e. The second-order valence-electron chi connectivity index (χ2n) is 7.49. The van der Waals surface area contributed by atoms with Gasteiger partial charge in [-0.3, -0.25) is 9.79 Å². The lowest BCUT2D eigenvalue weighted by atomic mass is 9.83. The Balaban J connectivity index is 1.59. The smallest absolute Gasteiger partial charge is 0.289 e. The SMILES string of the molecule is CCNC(=NCC1(CC)CCCC1)N1CCN(C(=O)c2ccco2)CC1. The zero-order chi connectivity index (χ0) is 18.4. The van der Waals surface area contributed by atoms with E-state index in [1.807, 2.05) is 4.90 Å². The predicted octanol–water partition coefficient (Wildman–Crippen LogP) is 2.97. The van der Waals surface area contributed by atoms with Crippen molar-refractivity contribution in [2.24, 2.45) is 10.4 Å². The Bertz CT molecular complexity index is 597. The van der Waals surface area contributed by atoms with E-state index in [0.717, 1.165) is 32.1 Å². The summed E-state index contributed by atoms with van der Waals surface area (Å²) in [6, 6.07) is 3.48. The molecule has 1 aliphatic carbocycles. The summed E-state index contributed by atoms with van der Waals surface area (Å²) in [5, 5.41) is 3.44. The van der Waals surface area contributed by atoms with E-state index in [-0.39, 0.29) is 5.91 Å². The van der Waals surface area contributed by atoms with Gasteiger partial charge in [0.1, 0.15) is 0 Å². The number of hydrogen-bond donors (Lipinski definition) is 1. The van der Waals surface area contributed by atoms with Gasteiger partial charge in [-0.05, 0) is 43.7 Å². The average molecular weight is 361 g/mol. The zero-order valence-corrected chi connectivity index (χ0v) is 16.2. The van der Waals surface area contributed by atoms with Crippen LogP contribution < -0.4 is 5.32 Å². The third-order valence-corrected chi connectivity index (χ3v) is 5.91. The fraction of sp³-hybridized carbons (Fsp3) is 0.700. The minimum atomic E-state index is -0.0209. The summed E-state index contributed by atoms with van der Waals surface area (Å²) >= 11 is 0. The fourth-order valence-corrected chi connectivity index (χ4v) is 4.09. The van der Waals surface area contributed by atoms with Gasteiger partial charge in [-0.15, -0.1) is 0 Å². The third kappa shape index (κ3) is 4.22. The fourth-order valence-electron chi connectivity index (χ4n) is 4.09. The van der Waals surface area contributed by atoms with Gasteiger partial charge in [0.25, 0.3) is 5.91 Å². The molecule has 0 spiro atoms. The number of nitrogens with one attached hydrogen (secondary N) is 1. The van der Waals surface area contributed by atoms with E-state index < -0.39 is 0 Å². The number of guanidine groups is 1. The van der Waals surface area contributed by atoms with Gasteiger partial charge >= 0.3 is 0 Å². The molecule has 1 aromatic heterocycles. The first-order chi connectivity index (χ1) is 12.7. The number of piperazine rings is 1. The van der Waals surface area contributed by atoms with Crippen LogP contribution >= 0.6 is 0 Å². The maximum absolute atomic E-state index is 12.4. The van der Waals surface area contributed by atoms with Crippen LogP contribution in [0.1, 0.15) is 56.5 Å². The Kier molecular flexibility index (Phi) is 6.22. The summed E-state index contributed by atoms with van der Waals surface area (Å²) in [4.78, 5) is 21.6. The number of amides is 1. The van der Waals surface area contributed by atoms with Crippen molar-refractivity contribution >= 4 is 11.9 Å². The lowest BCUT2D eigenvalue weighted by Gasteiger charge is -2.36. The van der Waals surface area contributed by atoms with Crippen molar-refractivity contribution in [1.29, 1.82) is 0 Å². The summed E-state index contributed by atoms with van der Waals surface area (Å²) in [6.45, 7) is 9.19. The number of aliphatic imine (C=N–C) groups is 1. The zero-order valence-electron chi connectivity index (χ0n) is 16.2. The van der Waals surface area contributed by atoms with E-state index in [0.29, 0.717) is 24.3 Å². The van der Waals surface area contributed by atoms with E-state index >= 15 is 0 Å². The molecule has 0 unspecified atom stereocenters. The molecule has 2 fully saturated rings. The van der Waals surface area contributed by atoms with E-state index in [1.165, 1.54) is 32.1 Å². The van der Waals surface area contributed by atoms with Gasteiger partial charge in [-0.2, -0.15) is 0 Å². The van der Waals surface area contributed by atoms with Crippen LogP contribution in [0, 0.1) is 5.41 Å². The molecule has 1 saturated heterocycles. The van der Waals surface area contributed by atoms with Gasteiger partial charge < -0.3 is 19.5 Å². The summed E-state index contributed by atoms with van der Waals surface area (Å²) in [7, 11) is 0. The van der Waals surface area contributed by atoms with Crippen LogP contribution in [0.5, 0.6) is 0 Å². The molecular weight excluding hydrogens is 328 g/mol. The molecule has 26 heavy (non-hydrogen) atoms. The molecule has 1 saturated carbocycles. The van der Waals surface area contributed by atoms with Crippen LogP contribution in [-0.2, 0) is 0 Å². The number of furan rings is 1. The lowest BCUT2D eigenvalue weighted by Crippen LogP contribution is -2.54. The molecule has 6 nitrogen and oxygen atoms in total. The molecule has 0 aromatic carbocycles. The van der Waals surface area contributed by atoms with Gasteiger partial charge in [0.15, 0.2) is 11.7 Å². The summed E-state index contributed by atoms with van der Waals surface area (Å²) in [6.07, 6.45) is 8.05. The lowest BCUT2D eigenvalue weighted by molar-refractivity contribution is 0.0657. The van der Waals surface area contributed by atoms with Crippen molar-refractivity contribution in [3.8, 4) is 0 Å². The molecule has 1 amide bonds. The molecule has 2 heterocycles. The first-order valence-corrected chi connectivity index (χ1v) is 10.0. The molecule has 144 valence electrons. The monoisotopic (exact) mass is 360 g/mol. The van der Waals surface area contributed by atoms with Crippen LogP contribution in [-0.4, -0.2) is 60.9 Å². The van der Waals surface area contributed by atoms with Crippen LogP contribution in [0.4, 0.5) is 0 Å². The minimum Gasteiger partial charge on any atom is -0.459 e. The molecule has 6 heteroatoms. The molecule has 0 bridgehead atoms. The Labute approximate surface area is 156 Å². The molecular formula is C20H32N4O2. The highest BCUT2D eigenvalue weighted by atomic mass is 16.3. The van der Waals surface area contributed by atoms with E-state index in [9.17, 15) is 4.79 Å². The molecule has 2 aliphatic rings. The van der Waals surface area contributed by atoms with Crippen molar-refractivity contribution in [2.45, 2.75) is 46.0 Å². The van der Waals surface area contributed by atoms with Crippen LogP contribution in [0.2, 0.25) is 0 Å². The molecule has 0 atom stereocenters. The maximum atomic E-state index is 12.4. The normalized spacial score (nSPS) is 20.5. The molecule has 0 radical (unpaired) electrons. The van der Waals surface area contributed by atoms with Crippen molar-refractivity contribution in [2.75, 3.05) is 39.3 Å². The van der Waals surface area contributed by atoms with Crippen LogP contribution in [0.25, 0.3) is 0 Å². The Morgan fingerprint density at radius 3 is 2.46 bits per heavy atom. The standard InChI is InChI=1S/C20H32N4O2/c1-3-20(9-5-6-10-20)16-22-19(21-4-2)24-13-11-23(12-14-24)18(25)17-8-7-15-26-17/h7-8,15H,3-6,9-14,16H2,1-2H3,(H,21,22). The Morgan fingerprint density at radius 2 is 1.88 bits per heavy atom. The van der Waals surface area contributed by atoms with Crippen molar-refractivity contribution in [3.05, 3.63) is 24.2 Å². The van der Waals surface area contributed by atoms with Gasteiger partial charge in [-0.1, -0.05) is 19.8 Å². The summed E-state index contributed by atoms with van der Waals surface area (Å²) < 4.78 is 5.24. The Hall–Kier alpha value is -1.98. The van der Waals surface area contributed by atoms with Gasteiger partial charge in [-0.25, -0.2) is 0 Å². The van der Waals surface area contributed by atoms with Gasteiger partial charge in [0.2, 0.25) is 0 Å². The third-order valence-electron chi connectivity index (χ3n) is 5.91. The summed E-state index contributed by atoms with van der Waals surface area (Å²) in [5.74, 6) is 1.40. The topological polar surface area (TPSA) is 61.1 Å². The Morgan fingerprint density at radius 1 is 1.19 bits per heavy atom. The first kappa shape index (κ1) is 18.8. The minimum absolute atomic E-state index is 0.0209. The van der Waals surface area contributed by atoms with E-state index in [1.54, 1.807) is 18.4 Å². The molecule has 1 aliphatic heterocycles. The van der Waals surface area contributed by atoms with Gasteiger partial charge in [0.05, 0.1) is 6.26 Å². The first-order valence-electron chi connectivity index (χ1n) is 10.0. The number of carbonyl (C=O) groups excluding carboxylic acids is 1. The number of nitrogens with zero attached hydrogens (tertiary/aromatic N) is 3. The van der Waals surface area contributed by atoms with Crippen LogP contribution in [0.15, 0.2) is 27.8 Å². The summed E-state index contributed by atoms with van der Waals surface area (Å²) in [5.41, 5.74) is 0.401. The van der Waals surface area contributed by atoms with Gasteiger partial charge in [0, 0.05) is 39.3 Å². The van der Waals surface area contributed by atoms with Crippen molar-refractivity contribution in [3.63, 3.8) is 0 Å². The molecule has 3 rings (SSSR count). The second-order valence-corrected chi connectivity index (χ2v) is 7.49. The predicted molar refractivity (Wildman–Crippen MR) is 103 cm³/mol. The molecule has 1 N–H and O–H groups in total. The average Bonchev–Trinajstić information content (AvgIpc) is 3.37. The molecule has 1 aromatic rings. The maximum Gasteiger partial charge on any atom is 0.289 e. The number of hydrogen-bond acceptors (Lipinski definition) is 3. The van der Waals surface area contributed by atoms with E-state index in [4.69, 9.17) is 9.41 Å². The second kappa shape index (κ2) is 8.60. The van der Waals surface area contributed by atoms with Crippen molar-refractivity contribution in [1.82, 2.24) is 15.1 Å². The van der Waals surface area contributed by atoms with Crippen LogP contribution in [0.3, 0.4) is 0 Å². The quantitative estimate of drug-likeness (QED) is 0.648. The van der Waals surface area contributed by atoms with Crippen molar-refractivity contribution < 1.29 is 9.21 Å². The number of rotatable bonds is 5. The number of carbonyl (C=O) groups is 1. The highest BCUT2D eigenvalue weighted by Crippen LogP contribution is 2.41. The highest BCUT2D eigenvalue weighted by Gasteiger charge is 2.32. The highest BCUT2D eigenvalue weighted by molar-refractivity contribution is 5.91.